The maximum absolute atomic E-state index is 4.74. The Hall–Kier alpha value is 0.648. The molecule has 0 aliphatic heterocycles. The minimum Gasteiger partial charge on any atom is -0.360 e. The van der Waals surface area contributed by atoms with E-state index in [2.05, 4.69) is 6.92 Å². The van der Waals surface area contributed by atoms with Crippen LogP contribution in [0.4, 0.5) is 0 Å². The molecule has 0 bridgehead atoms. The van der Waals surface area contributed by atoms with E-state index in [9.17, 15) is 0 Å². The summed E-state index contributed by atoms with van der Waals surface area (Å²) in [5, 5.41) is 0. The topological polar surface area (TPSA) is 26.0 Å². The van der Waals surface area contributed by atoms with Gasteiger partial charge < -0.3 is 20.1 Å². The van der Waals surface area contributed by atoms with Gasteiger partial charge in [-0.1, -0.05) is 0 Å². The molecule has 0 unspecified atom stereocenters. The Morgan fingerprint density at radius 2 is 1.60 bits per heavy atom. The van der Waals surface area contributed by atoms with Gasteiger partial charge in [0.1, 0.15) is 0 Å². The fourth-order valence-electron chi connectivity index (χ4n) is 0. The van der Waals surface area contributed by atoms with Gasteiger partial charge in [0, 0.05) is 0 Å². The van der Waals surface area contributed by atoms with Crippen molar-refractivity contribution in [3.8, 4) is 0 Å². The summed E-state index contributed by atoms with van der Waals surface area (Å²) in [5.41, 5.74) is 4.74. The van der Waals surface area contributed by atoms with Crippen LogP contribution in [0.1, 0.15) is 0 Å². The van der Waals surface area contributed by atoms with E-state index < -0.39 is 0 Å². The summed E-state index contributed by atoms with van der Waals surface area (Å²) in [6.07, 6.45) is 0. The molecular weight excluding hydrogens is 234 g/mol. The molecule has 0 saturated carbocycles. The average Bonchev–Trinajstić information content (AvgIpc) is 0.918. The normalized spacial score (nSPS) is 3.60. The quantitative estimate of drug-likeness (QED) is 0.605. The van der Waals surface area contributed by atoms with Crippen molar-refractivity contribution >= 4 is 0 Å². The molecule has 0 fully saturated rings. The SMILES string of the molecule is [CH2-]CN.[CH3-].[W+2]. The van der Waals surface area contributed by atoms with Gasteiger partial charge >= 0.3 is 21.1 Å². The Labute approximate surface area is 48.2 Å². The van der Waals surface area contributed by atoms with E-state index >= 15 is 0 Å². The van der Waals surface area contributed by atoms with Crippen LogP contribution >= 0.6 is 0 Å². The molecule has 0 spiro atoms. The van der Waals surface area contributed by atoms with Gasteiger partial charge in [0.2, 0.25) is 0 Å². The molecule has 0 radical (unpaired) electrons. The van der Waals surface area contributed by atoms with Crippen molar-refractivity contribution in [1.29, 1.82) is 0 Å². The molecule has 0 saturated heterocycles. The van der Waals surface area contributed by atoms with Gasteiger partial charge in [0.25, 0.3) is 0 Å². The molecule has 0 amide bonds. The first-order chi connectivity index (χ1) is 1.41. The summed E-state index contributed by atoms with van der Waals surface area (Å²) >= 11 is 0. The molecule has 0 atom stereocenters. The van der Waals surface area contributed by atoms with Gasteiger partial charge in [-0.05, 0) is 0 Å². The third-order valence-corrected chi connectivity index (χ3v) is 0. The zero-order valence-electron chi connectivity index (χ0n) is 3.40. The van der Waals surface area contributed by atoms with Crippen molar-refractivity contribution < 1.29 is 21.1 Å². The second-order valence-corrected chi connectivity index (χ2v) is 0.289. The average molecular weight is 243 g/mol. The minimum atomic E-state index is 0. The summed E-state index contributed by atoms with van der Waals surface area (Å²) in [5.74, 6) is 0. The summed E-state index contributed by atoms with van der Waals surface area (Å²) in [6.45, 7) is 3.76. The molecule has 0 aromatic carbocycles. The molecule has 2 heteroatoms. The van der Waals surface area contributed by atoms with E-state index in [0.29, 0.717) is 6.54 Å². The van der Waals surface area contributed by atoms with E-state index in [0.717, 1.165) is 0 Å². The molecule has 0 heterocycles. The zero-order chi connectivity index (χ0) is 2.71. The second-order valence-electron chi connectivity index (χ2n) is 0.289. The van der Waals surface area contributed by atoms with E-state index in [1.165, 1.54) is 0 Å². The Morgan fingerprint density at radius 3 is 1.60 bits per heavy atom. The van der Waals surface area contributed by atoms with Crippen LogP contribution in [0.5, 0.6) is 0 Å². The van der Waals surface area contributed by atoms with Crippen LogP contribution in [0.25, 0.3) is 0 Å². The Balaban J connectivity index is -0.0000000200. The van der Waals surface area contributed by atoms with Gasteiger partial charge in [-0.25, -0.2) is 0 Å². The second kappa shape index (κ2) is 22.8. The fraction of sp³-hybridized carbons (Fsp3) is 0.333. The first kappa shape index (κ1) is 17.4. The van der Waals surface area contributed by atoms with Crippen LogP contribution in [0.15, 0.2) is 0 Å². The standard InChI is InChI=1S/C2H6N.CH3.W/c1-2-3;;/h1-3H2;1H3;/q2*-1;+2. The van der Waals surface area contributed by atoms with E-state index in [1.54, 1.807) is 0 Å². The molecule has 2 N–H and O–H groups in total. The summed E-state index contributed by atoms with van der Waals surface area (Å²) in [6, 6.07) is 0. The summed E-state index contributed by atoms with van der Waals surface area (Å²) in [4.78, 5) is 0. The van der Waals surface area contributed by atoms with Gasteiger partial charge in [0.15, 0.2) is 0 Å². The molecular formula is C3H9NW. The predicted molar refractivity (Wildman–Crippen MR) is 20.8 cm³/mol. The molecule has 0 aromatic rings. The van der Waals surface area contributed by atoms with Crippen molar-refractivity contribution in [2.24, 2.45) is 5.73 Å². The van der Waals surface area contributed by atoms with Crippen molar-refractivity contribution in [3.05, 3.63) is 14.4 Å². The monoisotopic (exact) mass is 243 g/mol. The first-order valence-corrected chi connectivity index (χ1v) is 0.908. The van der Waals surface area contributed by atoms with Crippen molar-refractivity contribution in [2.45, 2.75) is 0 Å². The van der Waals surface area contributed by atoms with E-state index in [4.69, 9.17) is 5.73 Å². The Bertz CT molecular complexity index is 6.85. The smallest absolute Gasteiger partial charge is 0.360 e. The summed E-state index contributed by atoms with van der Waals surface area (Å²) in [7, 11) is 0. The number of nitrogens with two attached hydrogens (primary N) is 1. The first-order valence-electron chi connectivity index (χ1n) is 0.908. The zero-order valence-corrected chi connectivity index (χ0v) is 6.33. The maximum atomic E-state index is 4.74. The van der Waals surface area contributed by atoms with Crippen molar-refractivity contribution in [2.75, 3.05) is 6.54 Å². The Morgan fingerprint density at radius 1 is 1.60 bits per heavy atom. The van der Waals surface area contributed by atoms with Crippen LogP contribution in [-0.4, -0.2) is 6.54 Å². The van der Waals surface area contributed by atoms with Gasteiger partial charge in [-0.15, -0.1) is 6.54 Å². The third kappa shape index (κ3) is 77.6. The molecule has 0 aromatic heterocycles. The molecule has 0 rings (SSSR count). The van der Waals surface area contributed by atoms with E-state index in [-0.39, 0.29) is 28.5 Å². The molecule has 0 aliphatic carbocycles. The number of hydrogen-bond acceptors (Lipinski definition) is 1. The van der Waals surface area contributed by atoms with Gasteiger partial charge in [0.05, 0.1) is 0 Å². The fourth-order valence-corrected chi connectivity index (χ4v) is 0. The van der Waals surface area contributed by atoms with Crippen LogP contribution < -0.4 is 5.73 Å². The van der Waals surface area contributed by atoms with Gasteiger partial charge in [-0.3, -0.25) is 0 Å². The van der Waals surface area contributed by atoms with Crippen LogP contribution in [0.2, 0.25) is 0 Å². The maximum Gasteiger partial charge on any atom is 2.00 e. The van der Waals surface area contributed by atoms with Crippen molar-refractivity contribution in [3.63, 3.8) is 0 Å². The van der Waals surface area contributed by atoms with Gasteiger partial charge in [-0.2, -0.15) is 0 Å². The molecule has 5 heavy (non-hydrogen) atoms. The predicted octanol–water partition coefficient (Wildman–Crippen LogP) is 0.227. The third-order valence-electron chi connectivity index (χ3n) is 0. The number of hydrogen-bond donors (Lipinski definition) is 1. The van der Waals surface area contributed by atoms with E-state index in [1.807, 2.05) is 0 Å². The van der Waals surface area contributed by atoms with Crippen LogP contribution in [0, 0.1) is 14.4 Å². The Kier molecular flexibility index (Phi) is 79.3. The van der Waals surface area contributed by atoms with Crippen LogP contribution in [0.3, 0.4) is 0 Å². The molecule has 32 valence electrons. The molecule has 1 nitrogen and oxygen atoms in total. The summed E-state index contributed by atoms with van der Waals surface area (Å²) < 4.78 is 0. The van der Waals surface area contributed by atoms with Crippen LogP contribution in [-0.2, 0) is 21.1 Å². The largest absolute Gasteiger partial charge is 2.00 e. The molecule has 0 aliphatic rings. The number of rotatable bonds is 0. The van der Waals surface area contributed by atoms with Crippen molar-refractivity contribution in [1.82, 2.24) is 0 Å². The minimum absolute atomic E-state index is 0.